The van der Waals surface area contributed by atoms with Crippen molar-refractivity contribution in [1.29, 1.82) is 0 Å². The van der Waals surface area contributed by atoms with Crippen molar-refractivity contribution in [2.75, 3.05) is 44.2 Å². The van der Waals surface area contributed by atoms with Crippen LogP contribution in [-0.2, 0) is 51.2 Å². The van der Waals surface area contributed by atoms with Crippen molar-refractivity contribution >= 4 is 69.2 Å². The number of aryl methyl sites for hydroxylation is 1. The monoisotopic (exact) mass is 1340 g/mol. The lowest BCUT2D eigenvalue weighted by molar-refractivity contribution is -0.302. The van der Waals surface area contributed by atoms with Crippen molar-refractivity contribution in [2.45, 2.75) is 186 Å². The summed E-state index contributed by atoms with van der Waals surface area (Å²) in [4.78, 5) is 68.6. The number of thioether (sulfide) groups is 1. The number of aromatic nitrogens is 2. The van der Waals surface area contributed by atoms with Crippen LogP contribution in [0.2, 0.25) is 5.02 Å². The molecule has 2 bridgehead atoms. The summed E-state index contributed by atoms with van der Waals surface area (Å²) in [5, 5.41) is 49.7. The van der Waals surface area contributed by atoms with Crippen molar-refractivity contribution < 1.29 is 72.1 Å². The number of allylic oxidation sites excluding steroid dienone is 3. The maximum absolute atomic E-state index is 14.8. The molecule has 94 heavy (non-hydrogen) atoms. The molecule has 3 fully saturated rings. The Morgan fingerprint density at radius 2 is 1.68 bits per heavy atom. The van der Waals surface area contributed by atoms with Crippen molar-refractivity contribution in [3.8, 4) is 17.1 Å². The maximum Gasteiger partial charge on any atom is 0.329 e. The average molecular weight is 1340 g/mol. The smallest absolute Gasteiger partial charge is 0.329 e. The number of furan rings is 1. The Balaban J connectivity index is 0.848. The quantitative estimate of drug-likeness (QED) is 0.0210. The largest absolute Gasteiger partial charge is 0.487 e. The molecule has 1 saturated carbocycles. The van der Waals surface area contributed by atoms with Crippen LogP contribution in [0, 0.1) is 41.3 Å². The molecule has 9 rings (SSSR count). The van der Waals surface area contributed by atoms with E-state index >= 15 is 0 Å². The minimum Gasteiger partial charge on any atom is -0.487 e. The normalized spacial score (nSPS) is 29.5. The number of amides is 1. The summed E-state index contributed by atoms with van der Waals surface area (Å²) in [5.41, 5.74) is 4.58. The molecule has 4 aliphatic rings. The van der Waals surface area contributed by atoms with Crippen LogP contribution in [0.15, 0.2) is 107 Å². The van der Waals surface area contributed by atoms with Crippen molar-refractivity contribution in [3.05, 3.63) is 125 Å². The number of carbonyl (C=O) groups is 4. The predicted molar refractivity (Wildman–Crippen MR) is 360 cm³/mol. The predicted octanol–water partition coefficient (Wildman–Crippen LogP) is 12.5. The number of aliphatic hydroxyl groups is 4. The van der Waals surface area contributed by atoms with E-state index in [0.717, 1.165) is 70.7 Å². The molecule has 0 spiro atoms. The average Bonchev–Trinajstić information content (AvgIpc) is 0.827. The van der Waals surface area contributed by atoms with Gasteiger partial charge in [-0.15, -0.1) is 0 Å². The number of ether oxygens (including phenoxy) is 5. The van der Waals surface area contributed by atoms with E-state index in [4.69, 9.17) is 39.7 Å². The summed E-state index contributed by atoms with van der Waals surface area (Å²) in [6.07, 6.45) is 8.04. The Morgan fingerprint density at radius 3 is 2.45 bits per heavy atom. The number of aliphatic hydroxyl groups excluding tert-OH is 3. The number of methoxy groups -OCH3 is 2. The van der Waals surface area contributed by atoms with Gasteiger partial charge < -0.3 is 58.7 Å². The van der Waals surface area contributed by atoms with Crippen LogP contribution in [0.25, 0.3) is 22.2 Å². The molecular formula is C73H94ClFN4O14S. The van der Waals surface area contributed by atoms with Gasteiger partial charge >= 0.3 is 5.97 Å². The Morgan fingerprint density at radius 1 is 0.894 bits per heavy atom. The zero-order valence-corrected chi connectivity index (χ0v) is 56.8. The van der Waals surface area contributed by atoms with E-state index in [1.165, 1.54) is 37.6 Å². The Kier molecular flexibility index (Phi) is 25.9. The molecule has 3 aliphatic heterocycles. The van der Waals surface area contributed by atoms with Crippen LogP contribution in [0.4, 0.5) is 15.9 Å². The van der Waals surface area contributed by atoms with Crippen LogP contribution in [0.5, 0.6) is 5.75 Å². The standard InChI is InChI=1S/C73H94ClFN4O14S/c1-43-30-44(2)32-65(88-6)68-66(89-7)34-46(4)73(87,93-68)69(84)71(85)79-27-10-8-18-59(79)72(86)92-67(45(3)33-48-19-24-60(81)52(35-48)40-80)47(5)61(82)39-62(83)50(31-43)15-13-29-94-28-11-9-17-55-22-26-63(91-55)51-20-23-58-56(37-51)70(77-42-76-58)78-54-21-25-64(57(74)38-54)90-41-49-14-12-16-53(75)36-49/h12,14,16,20-23,25-26,31,33,36-38,42,44,46-48,50,52,59-61,65-68,80-82,87H,8-11,13,15,17-19,24,27-30,32,34-35,39-41H2,1-7H3,(H,76,77,78)/b43-31+,45-33+/t44-,46+,47+,48-,50+,52-,59-,60+,61-,65-,66-,67+,68+,73+/m0/s1. The fourth-order valence-electron chi connectivity index (χ4n) is 14.0. The van der Waals surface area contributed by atoms with E-state index < -0.39 is 83.9 Å². The van der Waals surface area contributed by atoms with Gasteiger partial charge in [-0.25, -0.2) is 19.2 Å². The highest BCUT2D eigenvalue weighted by Crippen LogP contribution is 2.41. The first-order valence-electron chi connectivity index (χ1n) is 33.4. The molecule has 5 N–H and O–H groups in total. The summed E-state index contributed by atoms with van der Waals surface area (Å²) in [5.74, 6) is -4.36. The molecule has 2 saturated heterocycles. The minimum atomic E-state index is -2.56. The zero-order valence-electron chi connectivity index (χ0n) is 55.2. The number of nitrogens with zero attached hydrogens (tertiary/aromatic N) is 3. The number of anilines is 2. The minimum absolute atomic E-state index is 0.0375. The third-order valence-electron chi connectivity index (χ3n) is 19.4. The number of benzene rings is 3. The fraction of sp³-hybridized carbons (Fsp3) is 0.562. The van der Waals surface area contributed by atoms with Gasteiger partial charge in [-0.2, -0.15) is 11.8 Å². The summed E-state index contributed by atoms with van der Waals surface area (Å²) in [6.45, 7) is 9.28. The second-order valence-corrected chi connectivity index (χ2v) is 28.2. The van der Waals surface area contributed by atoms with E-state index in [1.807, 2.05) is 74.2 Å². The van der Waals surface area contributed by atoms with Gasteiger partial charge in [0.15, 0.2) is 0 Å². The maximum atomic E-state index is 14.8. The van der Waals surface area contributed by atoms with Crippen molar-refractivity contribution in [2.24, 2.45) is 35.5 Å². The molecule has 0 radical (unpaired) electrons. The molecule has 5 aromatic rings. The van der Waals surface area contributed by atoms with Gasteiger partial charge in [-0.05, 0) is 192 Å². The van der Waals surface area contributed by atoms with E-state index in [-0.39, 0.29) is 68.4 Å². The lowest BCUT2D eigenvalue weighted by Crippen LogP contribution is -2.64. The number of esters is 1. The number of ketones is 2. The van der Waals surface area contributed by atoms with Crippen LogP contribution >= 0.6 is 23.4 Å². The number of halogens is 2. The lowest BCUT2D eigenvalue weighted by atomic mass is 9.78. The van der Waals surface area contributed by atoms with Crippen LogP contribution in [-0.4, -0.2) is 146 Å². The first-order chi connectivity index (χ1) is 45.2. The first kappa shape index (κ1) is 72.2. The Hall–Kier alpha value is -6.07. The third-order valence-corrected chi connectivity index (χ3v) is 20.8. The molecule has 0 unspecified atom stereocenters. The first-order valence-corrected chi connectivity index (χ1v) is 34.9. The molecule has 1 aliphatic carbocycles. The van der Waals surface area contributed by atoms with Gasteiger partial charge in [0.1, 0.15) is 65.9 Å². The molecule has 5 heterocycles. The van der Waals surface area contributed by atoms with Crippen molar-refractivity contribution in [3.63, 3.8) is 0 Å². The number of nitrogens with one attached hydrogen (secondary N) is 1. The van der Waals surface area contributed by atoms with Crippen molar-refractivity contribution in [1.82, 2.24) is 14.9 Å². The Bertz CT molecular complexity index is 3460. The highest BCUT2D eigenvalue weighted by molar-refractivity contribution is 7.99. The highest BCUT2D eigenvalue weighted by Gasteiger charge is 2.57. The number of rotatable bonds is 20. The number of fused-ring (bicyclic) bond motifs is 4. The fourth-order valence-corrected chi connectivity index (χ4v) is 15.2. The second-order valence-electron chi connectivity index (χ2n) is 26.5. The number of Topliss-reactive ketones (excluding diaryl/α,β-unsaturated/α-hetero) is 2. The van der Waals surface area contributed by atoms with Gasteiger partial charge in [0.2, 0.25) is 5.79 Å². The van der Waals surface area contributed by atoms with Crippen LogP contribution in [0.1, 0.15) is 136 Å². The molecule has 510 valence electrons. The molecule has 1 amide bonds. The number of unbranched alkanes of at least 4 members (excludes halogenated alkanes) is 1. The van der Waals surface area contributed by atoms with Gasteiger partial charge in [-0.1, -0.05) is 62.2 Å². The summed E-state index contributed by atoms with van der Waals surface area (Å²) < 4.78 is 50.7. The highest BCUT2D eigenvalue weighted by atomic mass is 35.5. The molecule has 18 nitrogen and oxygen atoms in total. The molecule has 14 atom stereocenters. The van der Waals surface area contributed by atoms with E-state index in [1.54, 1.807) is 38.1 Å². The summed E-state index contributed by atoms with van der Waals surface area (Å²) in [6, 6.07) is 20.3. The second kappa shape index (κ2) is 33.7. The number of hydrogen-bond donors (Lipinski definition) is 5. The Labute approximate surface area is 560 Å². The zero-order chi connectivity index (χ0) is 67.2. The molecule has 2 aromatic heterocycles. The summed E-state index contributed by atoms with van der Waals surface area (Å²) >= 11 is 8.46. The van der Waals surface area contributed by atoms with Gasteiger partial charge in [-0.3, -0.25) is 14.4 Å². The van der Waals surface area contributed by atoms with E-state index in [2.05, 4.69) is 22.2 Å². The van der Waals surface area contributed by atoms with E-state index in [9.17, 15) is 44.0 Å². The van der Waals surface area contributed by atoms with Crippen LogP contribution < -0.4 is 10.1 Å². The van der Waals surface area contributed by atoms with Gasteiger partial charge in [0.05, 0.1) is 35.0 Å². The van der Waals surface area contributed by atoms with Gasteiger partial charge in [0.25, 0.3) is 11.7 Å². The summed E-state index contributed by atoms with van der Waals surface area (Å²) in [7, 11) is 3.07. The lowest BCUT2D eigenvalue weighted by Gasteiger charge is -2.47. The number of cyclic esters (lactones) is 1. The molecule has 21 heteroatoms. The SMILES string of the molecule is CO[C@H]1C[C@@H](C)C/C(C)=C/[C@@H](CCCSCCCCc2ccc(-c3ccc4ncnc(Nc5ccc(OCc6cccc(F)c6)c(Cl)c5)c4c3)o2)C(=O)C[C@H](O)[C@@H](C)[C@@H](/C(C)=C/[C@@H]2CC[C@@H](O)[C@H](CO)C2)OC(=O)[C@@H]2CCCCN2C(=O)C(=O)[C@]2(O)O[C@H]1[C@@H](OC)C[C@H]2C. The topological polar surface area (TPSA) is 250 Å². The molecular weight excluding hydrogens is 1240 g/mol. The van der Waals surface area contributed by atoms with Crippen LogP contribution in [0.3, 0.4) is 0 Å². The number of hydrogen-bond acceptors (Lipinski definition) is 18. The third kappa shape index (κ3) is 18.3. The van der Waals surface area contributed by atoms with Gasteiger partial charge in [0, 0.05) is 80.5 Å². The molecule has 3 aromatic carbocycles. The number of carbonyl (C=O) groups excluding carboxylic acids is 4. The van der Waals surface area contributed by atoms with E-state index in [0.29, 0.717) is 84.8 Å². The number of piperidine rings is 1.